The van der Waals surface area contributed by atoms with Gasteiger partial charge in [0.2, 0.25) is 5.91 Å². The minimum atomic E-state index is -0.626. The van der Waals surface area contributed by atoms with Gasteiger partial charge < -0.3 is 5.73 Å². The van der Waals surface area contributed by atoms with Gasteiger partial charge in [-0.2, -0.15) is 0 Å². The molecule has 6 heteroatoms. The first-order valence-corrected chi connectivity index (χ1v) is 6.16. The van der Waals surface area contributed by atoms with Crippen molar-refractivity contribution in [1.29, 1.82) is 0 Å². The van der Waals surface area contributed by atoms with Crippen LogP contribution in [0.25, 0.3) is 0 Å². The molecule has 0 saturated heterocycles. The zero-order valence-electron chi connectivity index (χ0n) is 9.91. The number of carbonyl (C=O) groups excluding carboxylic acids is 2. The van der Waals surface area contributed by atoms with E-state index in [9.17, 15) is 9.59 Å². The third kappa shape index (κ3) is 4.16. The van der Waals surface area contributed by atoms with Gasteiger partial charge in [0.05, 0.1) is 4.88 Å². The molecule has 0 aliphatic heterocycles. The minimum absolute atomic E-state index is 0.322. The number of rotatable bonds is 6. The Morgan fingerprint density at radius 2 is 2.24 bits per heavy atom. The standard InChI is InChI=1S/C11H16N2O3S/c1-3-4-8-5-9(17-7(8)2)11(15)13-16-6-10(12)14/h5H,3-4,6H2,1-2H3,(H2,12,14)(H,13,15). The Kier molecular flexibility index (Phi) is 5.11. The van der Waals surface area contributed by atoms with E-state index in [4.69, 9.17) is 5.73 Å². The molecule has 1 rings (SSSR count). The maximum absolute atomic E-state index is 11.6. The smallest absolute Gasteiger partial charge is 0.284 e. The fraction of sp³-hybridized carbons (Fsp3) is 0.455. The molecule has 0 unspecified atom stereocenters. The third-order valence-electron chi connectivity index (χ3n) is 2.14. The van der Waals surface area contributed by atoms with Gasteiger partial charge in [0, 0.05) is 4.88 Å². The molecule has 1 heterocycles. The van der Waals surface area contributed by atoms with Gasteiger partial charge in [-0.1, -0.05) is 13.3 Å². The molecule has 2 amide bonds. The van der Waals surface area contributed by atoms with E-state index in [0.717, 1.165) is 17.7 Å². The third-order valence-corrected chi connectivity index (χ3v) is 3.23. The second-order valence-corrected chi connectivity index (χ2v) is 4.88. The molecule has 5 nitrogen and oxygen atoms in total. The SMILES string of the molecule is CCCc1cc(C(=O)NOCC(N)=O)sc1C. The fourth-order valence-corrected chi connectivity index (χ4v) is 2.33. The molecule has 0 radical (unpaired) electrons. The maximum atomic E-state index is 11.6. The monoisotopic (exact) mass is 256 g/mol. The predicted octanol–water partition coefficient (Wildman–Crippen LogP) is 1.16. The average Bonchev–Trinajstić information content (AvgIpc) is 2.60. The lowest BCUT2D eigenvalue weighted by Crippen LogP contribution is -2.28. The Bertz CT molecular complexity index is 415. The van der Waals surface area contributed by atoms with Gasteiger partial charge in [0.15, 0.2) is 6.61 Å². The van der Waals surface area contributed by atoms with Crippen molar-refractivity contribution in [3.8, 4) is 0 Å². The molecule has 3 N–H and O–H groups in total. The maximum Gasteiger partial charge on any atom is 0.284 e. The predicted molar refractivity (Wildman–Crippen MR) is 65.7 cm³/mol. The van der Waals surface area contributed by atoms with Gasteiger partial charge in [-0.05, 0) is 25.0 Å². The second-order valence-electron chi connectivity index (χ2n) is 3.63. The molecule has 1 aromatic rings. The molecule has 0 atom stereocenters. The number of nitrogens with two attached hydrogens (primary N) is 1. The number of carbonyl (C=O) groups is 2. The molecule has 17 heavy (non-hydrogen) atoms. The van der Waals surface area contributed by atoms with Gasteiger partial charge in [0.25, 0.3) is 5.91 Å². The highest BCUT2D eigenvalue weighted by atomic mass is 32.1. The number of hydroxylamine groups is 1. The molecule has 0 fully saturated rings. The van der Waals surface area contributed by atoms with Crippen molar-refractivity contribution in [1.82, 2.24) is 5.48 Å². The second kappa shape index (κ2) is 6.36. The quantitative estimate of drug-likeness (QED) is 0.749. The van der Waals surface area contributed by atoms with Crippen molar-refractivity contribution < 1.29 is 14.4 Å². The number of amides is 2. The largest absolute Gasteiger partial charge is 0.368 e. The molecule has 0 aromatic carbocycles. The van der Waals surface area contributed by atoms with Crippen LogP contribution in [0.15, 0.2) is 6.07 Å². The number of primary amides is 1. The van der Waals surface area contributed by atoms with Crippen molar-refractivity contribution in [2.45, 2.75) is 26.7 Å². The van der Waals surface area contributed by atoms with E-state index in [-0.39, 0.29) is 12.5 Å². The first kappa shape index (κ1) is 13.7. The molecule has 0 bridgehead atoms. The van der Waals surface area contributed by atoms with E-state index < -0.39 is 5.91 Å². The average molecular weight is 256 g/mol. The summed E-state index contributed by atoms with van der Waals surface area (Å²) in [6.07, 6.45) is 1.99. The van der Waals surface area contributed by atoms with Crippen LogP contribution in [-0.2, 0) is 16.1 Å². The molecular formula is C11H16N2O3S. The van der Waals surface area contributed by atoms with Crippen LogP contribution in [-0.4, -0.2) is 18.4 Å². The van der Waals surface area contributed by atoms with Gasteiger partial charge in [-0.25, -0.2) is 5.48 Å². The van der Waals surface area contributed by atoms with E-state index in [1.807, 2.05) is 13.0 Å². The van der Waals surface area contributed by atoms with E-state index in [0.29, 0.717) is 4.88 Å². The van der Waals surface area contributed by atoms with Gasteiger partial charge in [0.1, 0.15) is 0 Å². The van der Waals surface area contributed by atoms with Crippen LogP contribution in [0.5, 0.6) is 0 Å². The Morgan fingerprint density at radius 3 is 2.82 bits per heavy atom. The van der Waals surface area contributed by atoms with Crippen LogP contribution in [0.1, 0.15) is 33.5 Å². The summed E-state index contributed by atoms with van der Waals surface area (Å²) in [5.74, 6) is -0.971. The van der Waals surface area contributed by atoms with Crippen LogP contribution in [0, 0.1) is 6.92 Å². The van der Waals surface area contributed by atoms with Crippen LogP contribution in [0.2, 0.25) is 0 Å². The normalized spacial score (nSPS) is 10.2. The lowest BCUT2D eigenvalue weighted by atomic mass is 10.1. The summed E-state index contributed by atoms with van der Waals surface area (Å²) in [4.78, 5) is 28.4. The molecule has 1 aromatic heterocycles. The van der Waals surface area contributed by atoms with Crippen molar-refractivity contribution in [2.75, 3.05) is 6.61 Å². The van der Waals surface area contributed by atoms with E-state index in [2.05, 4.69) is 17.2 Å². The Morgan fingerprint density at radius 1 is 1.53 bits per heavy atom. The van der Waals surface area contributed by atoms with Gasteiger partial charge in [-0.15, -0.1) is 11.3 Å². The summed E-state index contributed by atoms with van der Waals surface area (Å²) in [7, 11) is 0. The lowest BCUT2D eigenvalue weighted by molar-refractivity contribution is -0.124. The van der Waals surface area contributed by atoms with E-state index in [1.165, 1.54) is 16.9 Å². The number of thiophene rings is 1. The summed E-state index contributed by atoms with van der Waals surface area (Å²) in [5, 5.41) is 0. The Hall–Kier alpha value is -1.40. The fourth-order valence-electron chi connectivity index (χ4n) is 1.37. The van der Waals surface area contributed by atoms with E-state index >= 15 is 0 Å². The summed E-state index contributed by atoms with van der Waals surface area (Å²) in [5.41, 5.74) is 8.23. The summed E-state index contributed by atoms with van der Waals surface area (Å²) in [6, 6.07) is 1.85. The Balaban J connectivity index is 2.57. The van der Waals surface area contributed by atoms with Crippen molar-refractivity contribution in [2.24, 2.45) is 5.73 Å². The zero-order valence-corrected chi connectivity index (χ0v) is 10.7. The van der Waals surface area contributed by atoms with Gasteiger partial charge >= 0.3 is 0 Å². The first-order valence-electron chi connectivity index (χ1n) is 5.34. The first-order chi connectivity index (χ1) is 8.04. The van der Waals surface area contributed by atoms with Crippen LogP contribution in [0.4, 0.5) is 0 Å². The Labute approximate surface area is 104 Å². The summed E-state index contributed by atoms with van der Waals surface area (Å²) >= 11 is 1.41. The zero-order chi connectivity index (χ0) is 12.8. The van der Waals surface area contributed by atoms with Crippen molar-refractivity contribution in [3.63, 3.8) is 0 Å². The highest BCUT2D eigenvalue weighted by Gasteiger charge is 2.12. The van der Waals surface area contributed by atoms with Gasteiger partial charge in [-0.3, -0.25) is 14.4 Å². The van der Waals surface area contributed by atoms with Crippen molar-refractivity contribution >= 4 is 23.2 Å². The molecule has 0 aliphatic carbocycles. The summed E-state index contributed by atoms with van der Waals surface area (Å²) < 4.78 is 0. The highest BCUT2D eigenvalue weighted by molar-refractivity contribution is 7.14. The van der Waals surface area contributed by atoms with Crippen LogP contribution >= 0.6 is 11.3 Å². The molecule has 0 spiro atoms. The number of hydrogen-bond donors (Lipinski definition) is 2. The highest BCUT2D eigenvalue weighted by Crippen LogP contribution is 2.22. The number of aryl methyl sites for hydroxylation is 2. The molecule has 0 aliphatic rings. The molecular weight excluding hydrogens is 240 g/mol. The number of hydrogen-bond acceptors (Lipinski definition) is 4. The van der Waals surface area contributed by atoms with E-state index in [1.54, 1.807) is 0 Å². The number of nitrogens with one attached hydrogen (secondary N) is 1. The van der Waals surface area contributed by atoms with Crippen LogP contribution < -0.4 is 11.2 Å². The molecule has 0 saturated carbocycles. The summed E-state index contributed by atoms with van der Waals surface area (Å²) in [6.45, 7) is 3.75. The van der Waals surface area contributed by atoms with Crippen LogP contribution in [0.3, 0.4) is 0 Å². The van der Waals surface area contributed by atoms with Crippen molar-refractivity contribution in [3.05, 3.63) is 21.4 Å². The topological polar surface area (TPSA) is 81.4 Å². The molecule has 94 valence electrons. The minimum Gasteiger partial charge on any atom is -0.368 e. The lowest BCUT2D eigenvalue weighted by Gasteiger charge is -2.01.